The average Bonchev–Trinajstić information content (AvgIpc) is 2.72. The number of esters is 1. The summed E-state index contributed by atoms with van der Waals surface area (Å²) in [4.78, 5) is 12.2. The minimum Gasteiger partial charge on any atom is -0.487 e. The van der Waals surface area contributed by atoms with E-state index in [1.807, 2.05) is 38.1 Å². The van der Waals surface area contributed by atoms with E-state index in [-0.39, 0.29) is 18.8 Å². The molecular formula is C24H29NO5S. The third kappa shape index (κ3) is 5.76. The average molecular weight is 444 g/mol. The molecule has 7 heteroatoms. The molecule has 166 valence electrons. The summed E-state index contributed by atoms with van der Waals surface area (Å²) in [5.74, 6) is -0.275. The highest BCUT2D eigenvalue weighted by molar-refractivity contribution is 7.92. The fourth-order valence-corrected chi connectivity index (χ4v) is 4.33. The summed E-state index contributed by atoms with van der Waals surface area (Å²) < 4.78 is 38.5. The summed E-state index contributed by atoms with van der Waals surface area (Å²) in [7, 11) is -2.37. The molecule has 0 unspecified atom stereocenters. The first-order valence-electron chi connectivity index (χ1n) is 9.80. The Hall–Kier alpha value is -3.06. The van der Waals surface area contributed by atoms with Gasteiger partial charge in [0, 0.05) is 5.56 Å². The van der Waals surface area contributed by atoms with E-state index in [1.165, 1.54) is 13.2 Å². The number of benzene rings is 2. The number of aryl methyl sites for hydroxylation is 1. The molecule has 0 aromatic heterocycles. The van der Waals surface area contributed by atoms with Crippen molar-refractivity contribution in [1.82, 2.24) is 0 Å². The van der Waals surface area contributed by atoms with Gasteiger partial charge in [-0.1, -0.05) is 48.6 Å². The van der Waals surface area contributed by atoms with E-state index in [0.29, 0.717) is 28.1 Å². The molecule has 0 fully saturated rings. The van der Waals surface area contributed by atoms with E-state index < -0.39 is 16.0 Å². The standard InChI is InChI=1S/C24H29NO5S/c1-7-13-30-24-18(5)22(19-11-9-16(3)10-12-19)20(15-21(26)29-6)17(4)23(24)25-31(27,28)14-8-2/h7-12,25H,1-2,13-15H2,3-6H3. The van der Waals surface area contributed by atoms with Crippen molar-refractivity contribution < 1.29 is 22.7 Å². The number of ether oxygens (including phenoxy) is 2. The maximum atomic E-state index is 12.5. The monoisotopic (exact) mass is 443 g/mol. The van der Waals surface area contributed by atoms with E-state index in [9.17, 15) is 13.2 Å². The predicted octanol–water partition coefficient (Wildman–Crippen LogP) is 4.49. The lowest BCUT2D eigenvalue weighted by Crippen LogP contribution is -2.19. The predicted molar refractivity (Wildman–Crippen MR) is 125 cm³/mol. The van der Waals surface area contributed by atoms with Gasteiger partial charge in [0.05, 0.1) is 25.0 Å². The molecule has 0 aliphatic heterocycles. The molecule has 1 N–H and O–H groups in total. The number of methoxy groups -OCH3 is 1. The number of carbonyl (C=O) groups is 1. The highest BCUT2D eigenvalue weighted by Gasteiger charge is 2.25. The Balaban J connectivity index is 2.86. The number of anilines is 1. The van der Waals surface area contributed by atoms with Crippen molar-refractivity contribution >= 4 is 21.7 Å². The Kier molecular flexibility index (Phi) is 8.05. The summed E-state index contributed by atoms with van der Waals surface area (Å²) >= 11 is 0. The molecule has 0 amide bonds. The van der Waals surface area contributed by atoms with Gasteiger partial charge < -0.3 is 9.47 Å². The number of sulfonamides is 1. The molecule has 31 heavy (non-hydrogen) atoms. The van der Waals surface area contributed by atoms with Crippen LogP contribution in [-0.2, 0) is 26.0 Å². The zero-order chi connectivity index (χ0) is 23.2. The second kappa shape index (κ2) is 10.3. The fraction of sp³-hybridized carbons (Fsp3) is 0.292. The molecule has 0 aliphatic rings. The van der Waals surface area contributed by atoms with E-state index >= 15 is 0 Å². The highest BCUT2D eigenvalue weighted by atomic mass is 32.2. The van der Waals surface area contributed by atoms with Crippen LogP contribution in [0.2, 0.25) is 0 Å². The van der Waals surface area contributed by atoms with Gasteiger partial charge >= 0.3 is 5.97 Å². The molecule has 0 saturated heterocycles. The Morgan fingerprint density at radius 2 is 1.71 bits per heavy atom. The first kappa shape index (κ1) is 24.2. The smallest absolute Gasteiger partial charge is 0.310 e. The van der Waals surface area contributed by atoms with Gasteiger partial charge in [-0.05, 0) is 43.0 Å². The van der Waals surface area contributed by atoms with Crippen LogP contribution in [-0.4, -0.2) is 33.9 Å². The Labute approximate surface area is 184 Å². The maximum absolute atomic E-state index is 12.5. The van der Waals surface area contributed by atoms with Crippen LogP contribution >= 0.6 is 0 Å². The molecule has 0 radical (unpaired) electrons. The first-order valence-corrected chi connectivity index (χ1v) is 11.4. The van der Waals surface area contributed by atoms with E-state index in [1.54, 1.807) is 13.0 Å². The molecule has 2 aromatic rings. The zero-order valence-electron chi connectivity index (χ0n) is 18.4. The fourth-order valence-electron chi connectivity index (χ4n) is 3.38. The molecule has 0 aliphatic carbocycles. The van der Waals surface area contributed by atoms with Crippen molar-refractivity contribution in [3.63, 3.8) is 0 Å². The van der Waals surface area contributed by atoms with Crippen LogP contribution in [0.5, 0.6) is 5.75 Å². The van der Waals surface area contributed by atoms with Crippen LogP contribution in [0.25, 0.3) is 11.1 Å². The number of carbonyl (C=O) groups excluding carboxylic acids is 1. The lowest BCUT2D eigenvalue weighted by Gasteiger charge is -2.24. The molecule has 6 nitrogen and oxygen atoms in total. The molecular weight excluding hydrogens is 414 g/mol. The van der Waals surface area contributed by atoms with Gasteiger partial charge in [-0.25, -0.2) is 8.42 Å². The zero-order valence-corrected chi connectivity index (χ0v) is 19.3. The Bertz CT molecular complexity index is 1090. The Morgan fingerprint density at radius 3 is 2.26 bits per heavy atom. The van der Waals surface area contributed by atoms with E-state index in [2.05, 4.69) is 17.9 Å². The van der Waals surface area contributed by atoms with Crippen LogP contribution in [0.3, 0.4) is 0 Å². The lowest BCUT2D eigenvalue weighted by molar-refractivity contribution is -0.139. The number of rotatable bonds is 10. The summed E-state index contributed by atoms with van der Waals surface area (Å²) in [6.07, 6.45) is 2.89. The third-order valence-corrected chi connectivity index (χ3v) is 6.09. The van der Waals surface area contributed by atoms with Crippen molar-refractivity contribution in [2.45, 2.75) is 27.2 Å². The number of hydrogen-bond acceptors (Lipinski definition) is 5. The van der Waals surface area contributed by atoms with E-state index in [0.717, 1.165) is 16.7 Å². The maximum Gasteiger partial charge on any atom is 0.310 e. The highest BCUT2D eigenvalue weighted by Crippen LogP contribution is 2.43. The van der Waals surface area contributed by atoms with Crippen LogP contribution in [0.1, 0.15) is 22.3 Å². The molecule has 2 rings (SSSR count). The van der Waals surface area contributed by atoms with E-state index in [4.69, 9.17) is 9.47 Å². The normalized spacial score (nSPS) is 11.0. The van der Waals surface area contributed by atoms with Gasteiger partial charge in [0.15, 0.2) is 0 Å². The molecule has 0 atom stereocenters. The second-order valence-electron chi connectivity index (χ2n) is 7.20. The molecule has 0 spiro atoms. The minimum atomic E-state index is -3.70. The van der Waals surface area contributed by atoms with Crippen molar-refractivity contribution in [2.75, 3.05) is 24.2 Å². The Morgan fingerprint density at radius 1 is 1.06 bits per heavy atom. The van der Waals surface area contributed by atoms with Crippen LogP contribution < -0.4 is 9.46 Å². The van der Waals surface area contributed by atoms with Crippen molar-refractivity contribution in [3.05, 3.63) is 71.8 Å². The number of hydrogen-bond donors (Lipinski definition) is 1. The quantitative estimate of drug-likeness (QED) is 0.432. The van der Waals surface area contributed by atoms with Crippen LogP contribution in [0.15, 0.2) is 49.6 Å². The molecule has 0 bridgehead atoms. The lowest BCUT2D eigenvalue weighted by atomic mass is 9.88. The summed E-state index contributed by atoms with van der Waals surface area (Å²) in [5, 5.41) is 0. The van der Waals surface area contributed by atoms with Crippen LogP contribution in [0.4, 0.5) is 5.69 Å². The molecule has 0 heterocycles. The summed E-state index contributed by atoms with van der Waals surface area (Å²) in [6, 6.07) is 7.90. The minimum absolute atomic E-state index is 0.00962. The van der Waals surface area contributed by atoms with Crippen molar-refractivity contribution in [1.29, 1.82) is 0 Å². The summed E-state index contributed by atoms with van der Waals surface area (Å²) in [6.45, 7) is 13.0. The van der Waals surface area contributed by atoms with Gasteiger partial charge in [0.2, 0.25) is 10.0 Å². The van der Waals surface area contributed by atoms with Gasteiger partial charge in [0.1, 0.15) is 12.4 Å². The van der Waals surface area contributed by atoms with Crippen LogP contribution in [0, 0.1) is 20.8 Å². The van der Waals surface area contributed by atoms with Gasteiger partial charge in [-0.2, -0.15) is 0 Å². The van der Waals surface area contributed by atoms with Gasteiger partial charge in [-0.15, -0.1) is 6.58 Å². The first-order chi connectivity index (χ1) is 14.6. The largest absolute Gasteiger partial charge is 0.487 e. The van der Waals surface area contributed by atoms with Crippen molar-refractivity contribution in [3.8, 4) is 16.9 Å². The second-order valence-corrected chi connectivity index (χ2v) is 8.97. The van der Waals surface area contributed by atoms with Crippen molar-refractivity contribution in [2.24, 2.45) is 0 Å². The summed E-state index contributed by atoms with van der Waals surface area (Å²) in [5.41, 5.74) is 5.10. The SMILES string of the molecule is C=CCOc1c(C)c(-c2ccc(C)cc2)c(CC(=O)OC)c(C)c1NS(=O)(=O)CC=C. The molecule has 2 aromatic carbocycles. The third-order valence-electron chi connectivity index (χ3n) is 4.90. The topological polar surface area (TPSA) is 81.7 Å². The van der Waals surface area contributed by atoms with Gasteiger partial charge in [0.25, 0.3) is 0 Å². The molecule has 0 saturated carbocycles. The number of nitrogens with one attached hydrogen (secondary N) is 1. The van der Waals surface area contributed by atoms with Gasteiger partial charge in [-0.3, -0.25) is 9.52 Å².